The van der Waals surface area contributed by atoms with Crippen molar-refractivity contribution in [3.05, 3.63) is 24.3 Å². The first-order valence-corrected chi connectivity index (χ1v) is 6.16. The van der Waals surface area contributed by atoms with Crippen molar-refractivity contribution in [2.24, 2.45) is 5.41 Å². The van der Waals surface area contributed by atoms with Crippen LogP contribution in [0.15, 0.2) is 24.3 Å². The normalized spacial score (nSPS) is 16.2. The zero-order valence-corrected chi connectivity index (χ0v) is 10.4. The van der Waals surface area contributed by atoms with E-state index in [1.165, 1.54) is 0 Å². The minimum absolute atomic E-state index is 0.194. The lowest BCUT2D eigenvalue weighted by Crippen LogP contribution is -2.40. The van der Waals surface area contributed by atoms with Crippen molar-refractivity contribution in [3.63, 3.8) is 0 Å². The molecule has 2 rings (SSSR count). The van der Waals surface area contributed by atoms with Gasteiger partial charge < -0.3 is 10.1 Å². The summed E-state index contributed by atoms with van der Waals surface area (Å²) in [5, 5.41) is 11.9. The molecule has 0 aliphatic heterocycles. The van der Waals surface area contributed by atoms with E-state index < -0.39 is 5.41 Å². The Morgan fingerprint density at radius 3 is 2.56 bits per heavy atom. The van der Waals surface area contributed by atoms with Crippen molar-refractivity contribution in [1.82, 2.24) is 0 Å². The van der Waals surface area contributed by atoms with Gasteiger partial charge in [0.05, 0.1) is 12.7 Å². The number of carbonyl (C=O) groups excluding carboxylic acids is 1. The quantitative estimate of drug-likeness (QED) is 0.885. The molecule has 4 nitrogen and oxygen atoms in total. The van der Waals surface area contributed by atoms with Crippen LogP contribution in [-0.2, 0) is 4.79 Å². The van der Waals surface area contributed by atoms with Crippen LogP contribution in [0.2, 0.25) is 0 Å². The summed E-state index contributed by atoms with van der Waals surface area (Å²) in [4.78, 5) is 12.0. The lowest BCUT2D eigenvalue weighted by Gasteiger charge is -2.33. The fraction of sp³-hybridized carbons (Fsp3) is 0.429. The third-order valence-corrected chi connectivity index (χ3v) is 3.28. The van der Waals surface area contributed by atoms with Crippen molar-refractivity contribution in [2.45, 2.75) is 26.2 Å². The van der Waals surface area contributed by atoms with Gasteiger partial charge >= 0.3 is 0 Å². The predicted molar refractivity (Wildman–Crippen MR) is 68.1 cm³/mol. The van der Waals surface area contributed by atoms with E-state index in [1.54, 1.807) is 24.3 Å². The fourth-order valence-corrected chi connectivity index (χ4v) is 1.97. The Morgan fingerprint density at radius 1 is 1.44 bits per heavy atom. The summed E-state index contributed by atoms with van der Waals surface area (Å²) >= 11 is 0. The standard InChI is InChI=1S/C14H16N2O2/c1-2-18-12-6-4-11(5-7-12)16-13(17)14(10-15)8-3-9-14/h4-7H,2-3,8-9H2,1H3,(H,16,17). The number of nitriles is 1. The van der Waals surface area contributed by atoms with Crippen molar-refractivity contribution in [3.8, 4) is 11.8 Å². The van der Waals surface area contributed by atoms with E-state index >= 15 is 0 Å². The van der Waals surface area contributed by atoms with Crippen LogP contribution in [0.3, 0.4) is 0 Å². The van der Waals surface area contributed by atoms with Gasteiger partial charge in [-0.05, 0) is 50.5 Å². The highest BCUT2D eigenvalue weighted by atomic mass is 16.5. The highest BCUT2D eigenvalue weighted by molar-refractivity contribution is 5.97. The largest absolute Gasteiger partial charge is 0.494 e. The zero-order valence-electron chi connectivity index (χ0n) is 10.4. The van der Waals surface area contributed by atoms with E-state index in [9.17, 15) is 4.79 Å². The van der Waals surface area contributed by atoms with E-state index in [4.69, 9.17) is 10.00 Å². The summed E-state index contributed by atoms with van der Waals surface area (Å²) in [7, 11) is 0. The molecule has 1 aromatic rings. The second-order valence-electron chi connectivity index (χ2n) is 4.46. The van der Waals surface area contributed by atoms with Crippen LogP contribution in [0.25, 0.3) is 0 Å². The molecule has 0 atom stereocenters. The molecule has 18 heavy (non-hydrogen) atoms. The predicted octanol–water partition coefficient (Wildman–Crippen LogP) is 2.72. The summed E-state index contributed by atoms with van der Waals surface area (Å²) in [5.74, 6) is 0.578. The summed E-state index contributed by atoms with van der Waals surface area (Å²) in [6.07, 6.45) is 2.27. The topological polar surface area (TPSA) is 62.1 Å². The second-order valence-corrected chi connectivity index (χ2v) is 4.46. The number of hydrogen-bond donors (Lipinski definition) is 1. The molecule has 1 saturated carbocycles. The molecule has 1 aliphatic carbocycles. The molecule has 0 radical (unpaired) electrons. The number of hydrogen-bond acceptors (Lipinski definition) is 3. The third-order valence-electron chi connectivity index (χ3n) is 3.28. The number of nitrogens with one attached hydrogen (secondary N) is 1. The molecule has 1 fully saturated rings. The van der Waals surface area contributed by atoms with Crippen LogP contribution < -0.4 is 10.1 Å². The van der Waals surface area contributed by atoms with Gasteiger partial charge in [0.2, 0.25) is 5.91 Å². The molecule has 0 saturated heterocycles. The average molecular weight is 244 g/mol. The van der Waals surface area contributed by atoms with E-state index in [1.807, 2.05) is 6.92 Å². The van der Waals surface area contributed by atoms with Gasteiger partial charge in [0, 0.05) is 5.69 Å². The number of carbonyl (C=O) groups is 1. The Morgan fingerprint density at radius 2 is 2.11 bits per heavy atom. The zero-order chi connectivity index (χ0) is 13.0. The number of rotatable bonds is 4. The minimum atomic E-state index is -0.807. The monoisotopic (exact) mass is 244 g/mol. The fourth-order valence-electron chi connectivity index (χ4n) is 1.97. The third kappa shape index (κ3) is 2.30. The number of amides is 1. The van der Waals surface area contributed by atoms with Gasteiger partial charge in [0.15, 0.2) is 0 Å². The summed E-state index contributed by atoms with van der Waals surface area (Å²) < 4.78 is 5.32. The number of benzene rings is 1. The maximum Gasteiger partial charge on any atom is 0.244 e. The van der Waals surface area contributed by atoms with Crippen LogP contribution in [-0.4, -0.2) is 12.5 Å². The molecule has 0 bridgehead atoms. The van der Waals surface area contributed by atoms with E-state index in [0.717, 1.165) is 12.2 Å². The van der Waals surface area contributed by atoms with E-state index in [-0.39, 0.29) is 5.91 Å². The van der Waals surface area contributed by atoms with Gasteiger partial charge in [-0.3, -0.25) is 4.79 Å². The van der Waals surface area contributed by atoms with Crippen molar-refractivity contribution in [1.29, 1.82) is 5.26 Å². The Bertz CT molecular complexity index is 470. The number of anilines is 1. The van der Waals surface area contributed by atoms with Crippen molar-refractivity contribution < 1.29 is 9.53 Å². The lowest BCUT2D eigenvalue weighted by atomic mass is 9.69. The van der Waals surface area contributed by atoms with Gasteiger partial charge in [-0.25, -0.2) is 0 Å². The molecule has 94 valence electrons. The van der Waals surface area contributed by atoms with Crippen LogP contribution in [0.4, 0.5) is 5.69 Å². The van der Waals surface area contributed by atoms with E-state index in [0.29, 0.717) is 25.1 Å². The maximum atomic E-state index is 12.0. The molecular formula is C14H16N2O2. The molecular weight excluding hydrogens is 228 g/mol. The molecule has 1 amide bonds. The highest BCUT2D eigenvalue weighted by Gasteiger charge is 2.44. The average Bonchev–Trinajstić information content (AvgIpc) is 2.31. The first kappa shape index (κ1) is 12.4. The molecule has 0 heterocycles. The number of nitrogens with zero attached hydrogens (tertiary/aromatic N) is 1. The lowest BCUT2D eigenvalue weighted by molar-refractivity contribution is -0.126. The molecule has 4 heteroatoms. The Hall–Kier alpha value is -2.02. The highest BCUT2D eigenvalue weighted by Crippen LogP contribution is 2.41. The first-order valence-electron chi connectivity index (χ1n) is 6.16. The van der Waals surface area contributed by atoms with Gasteiger partial charge in [-0.1, -0.05) is 0 Å². The summed E-state index contributed by atoms with van der Waals surface area (Å²) in [6, 6.07) is 9.31. The van der Waals surface area contributed by atoms with Crippen LogP contribution in [0, 0.1) is 16.7 Å². The van der Waals surface area contributed by atoms with Crippen molar-refractivity contribution in [2.75, 3.05) is 11.9 Å². The molecule has 0 spiro atoms. The molecule has 1 N–H and O–H groups in total. The Balaban J connectivity index is 2.01. The van der Waals surface area contributed by atoms with E-state index in [2.05, 4.69) is 11.4 Å². The molecule has 1 aliphatic rings. The number of ether oxygens (including phenoxy) is 1. The summed E-state index contributed by atoms with van der Waals surface area (Å²) in [6.45, 7) is 2.53. The van der Waals surface area contributed by atoms with Gasteiger partial charge in [0.25, 0.3) is 0 Å². The minimum Gasteiger partial charge on any atom is -0.494 e. The van der Waals surface area contributed by atoms with Gasteiger partial charge in [-0.15, -0.1) is 0 Å². The first-order chi connectivity index (χ1) is 8.70. The second kappa shape index (κ2) is 5.09. The SMILES string of the molecule is CCOc1ccc(NC(=O)C2(C#N)CCC2)cc1. The molecule has 0 unspecified atom stereocenters. The molecule has 1 aromatic carbocycles. The smallest absolute Gasteiger partial charge is 0.244 e. The van der Waals surface area contributed by atoms with Crippen LogP contribution >= 0.6 is 0 Å². The summed E-state index contributed by atoms with van der Waals surface area (Å²) in [5.41, 5.74) is -0.108. The molecule has 0 aromatic heterocycles. The van der Waals surface area contributed by atoms with Crippen molar-refractivity contribution >= 4 is 11.6 Å². The van der Waals surface area contributed by atoms with Crippen LogP contribution in [0.5, 0.6) is 5.75 Å². The van der Waals surface area contributed by atoms with Gasteiger partial charge in [0.1, 0.15) is 11.2 Å². The Kier molecular flexibility index (Phi) is 3.52. The van der Waals surface area contributed by atoms with Crippen LogP contribution in [0.1, 0.15) is 26.2 Å². The maximum absolute atomic E-state index is 12.0. The Labute approximate surface area is 107 Å². The van der Waals surface area contributed by atoms with Gasteiger partial charge in [-0.2, -0.15) is 5.26 Å².